The van der Waals surface area contributed by atoms with Gasteiger partial charge in [0.15, 0.2) is 0 Å². The number of nitrogens with zero attached hydrogens (tertiary/aromatic N) is 3. The van der Waals surface area contributed by atoms with Gasteiger partial charge in [0.25, 0.3) is 0 Å². The van der Waals surface area contributed by atoms with Crippen LogP contribution in [-0.4, -0.2) is 12.8 Å². The van der Waals surface area contributed by atoms with Crippen LogP contribution in [0.4, 0.5) is 0 Å². The predicted octanol–water partition coefficient (Wildman–Crippen LogP) is 2.75. The summed E-state index contributed by atoms with van der Waals surface area (Å²) in [6.07, 6.45) is 6.02. The molecule has 4 heteroatoms. The van der Waals surface area contributed by atoms with Gasteiger partial charge in [0.2, 0.25) is 0 Å². The fourth-order valence-corrected chi connectivity index (χ4v) is 1.80. The van der Waals surface area contributed by atoms with Crippen molar-refractivity contribution < 1.29 is 0 Å². The topological polar surface area (TPSA) is 72.6 Å². The van der Waals surface area contributed by atoms with Crippen LogP contribution in [-0.2, 0) is 0 Å². The van der Waals surface area contributed by atoms with Gasteiger partial charge in [0.1, 0.15) is 0 Å². The van der Waals surface area contributed by atoms with Crippen molar-refractivity contribution in [2.45, 2.75) is 25.7 Å². The number of nitrogens with one attached hydrogen (secondary N) is 1. The Morgan fingerprint density at radius 2 is 2.42 bits per heavy atom. The average Bonchev–Trinajstić information content (AvgIpc) is 2.15. The van der Waals surface area contributed by atoms with Crippen molar-refractivity contribution in [2.75, 3.05) is 6.54 Å². The summed E-state index contributed by atoms with van der Waals surface area (Å²) in [7, 11) is 0. The van der Waals surface area contributed by atoms with Gasteiger partial charge in [-0.05, 0) is 36.4 Å². The minimum atomic E-state index is 0.428. The summed E-state index contributed by atoms with van der Waals surface area (Å²) in [6.45, 7) is 0.612. The Kier molecular flexibility index (Phi) is 3.61. The van der Waals surface area contributed by atoms with E-state index in [9.17, 15) is 0 Å². The highest BCUT2D eigenvalue weighted by atomic mass is 15.1. The highest BCUT2D eigenvalue weighted by Crippen LogP contribution is 2.27. The molecule has 0 aromatic heterocycles. The summed E-state index contributed by atoms with van der Waals surface area (Å²) >= 11 is 0. The van der Waals surface area contributed by atoms with Gasteiger partial charge in [-0.2, -0.15) is 0 Å². The van der Waals surface area contributed by atoms with Gasteiger partial charge < -0.3 is 5.41 Å². The van der Waals surface area contributed by atoms with Crippen molar-refractivity contribution in [3.63, 3.8) is 0 Å². The second kappa shape index (κ2) is 4.78. The van der Waals surface area contributed by atoms with Crippen LogP contribution in [0.25, 0.3) is 10.4 Å². The molecule has 1 saturated carbocycles. The van der Waals surface area contributed by atoms with Crippen LogP contribution in [0, 0.1) is 17.2 Å². The van der Waals surface area contributed by atoms with Crippen LogP contribution in [0.15, 0.2) is 5.11 Å². The summed E-state index contributed by atoms with van der Waals surface area (Å²) in [5, 5.41) is 10.7. The number of rotatable bonds is 3. The molecule has 0 spiro atoms. The second-order valence-electron chi connectivity index (χ2n) is 3.37. The van der Waals surface area contributed by atoms with Crippen molar-refractivity contribution in [3.05, 3.63) is 10.4 Å². The Morgan fingerprint density at radius 1 is 1.58 bits per heavy atom. The third-order valence-electron chi connectivity index (χ3n) is 2.46. The summed E-state index contributed by atoms with van der Waals surface area (Å²) in [4.78, 5) is 2.75. The van der Waals surface area contributed by atoms with Crippen molar-refractivity contribution >= 4 is 6.21 Å². The molecule has 0 bridgehead atoms. The zero-order valence-electron chi connectivity index (χ0n) is 7.11. The van der Waals surface area contributed by atoms with Crippen molar-refractivity contribution in [1.82, 2.24) is 0 Å². The van der Waals surface area contributed by atoms with Gasteiger partial charge in [-0.25, -0.2) is 0 Å². The summed E-state index contributed by atoms with van der Waals surface area (Å²) in [6, 6.07) is 0. The Hall–Kier alpha value is -1.02. The Labute approximate surface area is 72.1 Å². The molecular weight excluding hydrogens is 152 g/mol. The van der Waals surface area contributed by atoms with E-state index in [1.807, 2.05) is 0 Å². The molecule has 1 fully saturated rings. The third-order valence-corrected chi connectivity index (χ3v) is 2.46. The van der Waals surface area contributed by atoms with Gasteiger partial charge in [-0.1, -0.05) is 18.0 Å². The first-order chi connectivity index (χ1) is 5.86. The maximum atomic E-state index is 8.13. The highest BCUT2D eigenvalue weighted by Gasteiger charge is 2.19. The lowest BCUT2D eigenvalue weighted by Crippen LogP contribution is -2.18. The van der Waals surface area contributed by atoms with Crippen LogP contribution in [0.2, 0.25) is 0 Å². The van der Waals surface area contributed by atoms with Gasteiger partial charge >= 0.3 is 0 Å². The molecule has 1 unspecified atom stereocenters. The molecule has 1 aliphatic rings. The van der Waals surface area contributed by atoms with Crippen LogP contribution in [0.5, 0.6) is 0 Å². The monoisotopic (exact) mass is 166 g/mol. The minimum absolute atomic E-state index is 0.428. The van der Waals surface area contributed by atoms with Gasteiger partial charge in [0.05, 0.1) is 0 Å². The van der Waals surface area contributed by atoms with E-state index >= 15 is 0 Å². The largest absolute Gasteiger partial charge is 0.313 e. The minimum Gasteiger partial charge on any atom is -0.313 e. The van der Waals surface area contributed by atoms with Gasteiger partial charge in [0, 0.05) is 11.5 Å². The SMILES string of the molecule is [N-]=[N+]=NC[C@@H]1CCCC(C=N)C1. The molecule has 4 nitrogen and oxygen atoms in total. The number of azide groups is 1. The molecule has 0 heterocycles. The first-order valence-corrected chi connectivity index (χ1v) is 4.38. The molecule has 0 radical (unpaired) electrons. The van der Waals surface area contributed by atoms with Crippen molar-refractivity contribution in [1.29, 1.82) is 5.41 Å². The quantitative estimate of drug-likeness (QED) is 0.290. The molecule has 12 heavy (non-hydrogen) atoms. The Balaban J connectivity index is 2.34. The Bertz CT molecular complexity index is 195. The normalized spacial score (nSPS) is 29.0. The Morgan fingerprint density at radius 3 is 3.08 bits per heavy atom. The van der Waals surface area contributed by atoms with E-state index in [2.05, 4.69) is 10.0 Å². The first kappa shape index (κ1) is 9.07. The molecule has 0 aliphatic heterocycles. The van der Waals surface area contributed by atoms with E-state index in [1.54, 1.807) is 0 Å². The third kappa shape index (κ3) is 2.55. The van der Waals surface area contributed by atoms with Crippen molar-refractivity contribution in [2.24, 2.45) is 17.0 Å². The van der Waals surface area contributed by atoms with E-state index in [0.29, 0.717) is 18.4 Å². The van der Waals surface area contributed by atoms with Crippen LogP contribution < -0.4 is 0 Å². The number of hydrogen-bond acceptors (Lipinski definition) is 2. The molecule has 1 rings (SSSR count). The molecule has 0 amide bonds. The van der Waals surface area contributed by atoms with E-state index in [0.717, 1.165) is 19.3 Å². The molecule has 1 N–H and O–H groups in total. The molecule has 0 aromatic carbocycles. The summed E-state index contributed by atoms with van der Waals surface area (Å²) in [5.74, 6) is 0.943. The summed E-state index contributed by atoms with van der Waals surface area (Å²) < 4.78 is 0. The van der Waals surface area contributed by atoms with Crippen LogP contribution in [0.1, 0.15) is 25.7 Å². The van der Waals surface area contributed by atoms with E-state index in [4.69, 9.17) is 10.9 Å². The smallest absolute Gasteiger partial charge is 0.0286 e. The molecule has 66 valence electrons. The average molecular weight is 166 g/mol. The first-order valence-electron chi connectivity index (χ1n) is 4.38. The molecule has 0 aromatic rings. The predicted molar refractivity (Wildman–Crippen MR) is 48.2 cm³/mol. The zero-order chi connectivity index (χ0) is 8.81. The maximum Gasteiger partial charge on any atom is 0.0286 e. The van der Waals surface area contributed by atoms with E-state index in [1.165, 1.54) is 12.6 Å². The molecule has 1 aliphatic carbocycles. The molecular formula is C8H14N4. The lowest BCUT2D eigenvalue weighted by molar-refractivity contribution is 0.327. The fourth-order valence-electron chi connectivity index (χ4n) is 1.80. The van der Waals surface area contributed by atoms with E-state index in [-0.39, 0.29) is 0 Å². The molecule has 0 saturated heterocycles. The van der Waals surface area contributed by atoms with Gasteiger partial charge in [-0.15, -0.1) is 0 Å². The number of hydrogen-bond donors (Lipinski definition) is 1. The van der Waals surface area contributed by atoms with Crippen molar-refractivity contribution in [3.8, 4) is 0 Å². The molecule has 2 atom stereocenters. The van der Waals surface area contributed by atoms with Gasteiger partial charge in [-0.3, -0.25) is 0 Å². The zero-order valence-corrected chi connectivity index (χ0v) is 7.11. The fraction of sp³-hybridized carbons (Fsp3) is 0.875. The lowest BCUT2D eigenvalue weighted by Gasteiger charge is -2.24. The second-order valence-corrected chi connectivity index (χ2v) is 3.37. The lowest BCUT2D eigenvalue weighted by atomic mass is 9.82. The highest BCUT2D eigenvalue weighted by molar-refractivity contribution is 5.56. The summed E-state index contributed by atoms with van der Waals surface area (Å²) in [5.41, 5.74) is 8.13. The van der Waals surface area contributed by atoms with Crippen LogP contribution in [0.3, 0.4) is 0 Å². The van der Waals surface area contributed by atoms with E-state index < -0.39 is 0 Å². The van der Waals surface area contributed by atoms with Crippen LogP contribution >= 0.6 is 0 Å². The maximum absolute atomic E-state index is 8.13. The standard InChI is InChI=1S/C8H14N4/c9-5-7-2-1-3-8(4-7)6-11-12-10/h5,7-9H,1-4,6H2/t7?,8-/m1/s1.